The van der Waals surface area contributed by atoms with Gasteiger partial charge in [-0.2, -0.15) is 0 Å². The van der Waals surface area contributed by atoms with Crippen LogP contribution in [0.1, 0.15) is 51.4 Å². The van der Waals surface area contributed by atoms with Crippen LogP contribution in [0, 0.1) is 0 Å². The van der Waals surface area contributed by atoms with Crippen molar-refractivity contribution < 1.29 is 0 Å². The van der Waals surface area contributed by atoms with Gasteiger partial charge in [-0.25, -0.2) is 0 Å². The van der Waals surface area contributed by atoms with Gasteiger partial charge < -0.3 is 0 Å². The fourth-order valence-electron chi connectivity index (χ4n) is 9.11. The molecule has 0 N–H and O–H groups in total. The summed E-state index contributed by atoms with van der Waals surface area (Å²) in [7, 11) is 0. The minimum atomic E-state index is -2.15. The number of hydrogen-bond acceptors (Lipinski definition) is 0. The number of unbranched alkanes of at least 4 members (excludes halogenated alkanes) is 3. The summed E-state index contributed by atoms with van der Waals surface area (Å²) in [6.45, 7) is -4.31. The molecule has 2 saturated heterocycles. The monoisotopic (exact) mass is 566 g/mol. The van der Waals surface area contributed by atoms with E-state index in [4.69, 9.17) is 0 Å². The Balaban J connectivity index is 1.22. The normalized spacial score (nSPS) is 22.4. The van der Waals surface area contributed by atoms with Crippen molar-refractivity contribution in [2.45, 2.75) is 51.4 Å². The van der Waals surface area contributed by atoms with E-state index in [9.17, 15) is 0 Å². The summed E-state index contributed by atoms with van der Waals surface area (Å²) in [6.07, 6.45) is 19.5. The van der Waals surface area contributed by atoms with Crippen LogP contribution in [0.25, 0.3) is 0 Å². The molecule has 0 aromatic heterocycles. The summed E-state index contributed by atoms with van der Waals surface area (Å²) >= 11 is 0. The first-order chi connectivity index (χ1) is 19.7. The number of benzene rings is 4. The van der Waals surface area contributed by atoms with Crippen LogP contribution < -0.4 is 21.2 Å². The molecule has 2 aliphatic rings. The van der Waals surface area contributed by atoms with Crippen molar-refractivity contribution in [3.63, 3.8) is 0 Å². The zero-order chi connectivity index (χ0) is 27.2. The van der Waals surface area contributed by atoms with E-state index >= 15 is 0 Å². The molecule has 0 atom stereocenters. The fourth-order valence-corrected chi connectivity index (χ4v) is 23.9. The average molecular weight is 567 g/mol. The van der Waals surface area contributed by atoms with Gasteiger partial charge in [0.25, 0.3) is 0 Å². The third-order valence-corrected chi connectivity index (χ3v) is 26.2. The summed E-state index contributed by atoms with van der Waals surface area (Å²) in [5.74, 6) is 0. The quantitative estimate of drug-likeness (QED) is 0.126. The van der Waals surface area contributed by atoms with Gasteiger partial charge in [0.1, 0.15) is 0 Å². The molecule has 0 radical (unpaired) electrons. The second kappa shape index (κ2) is 11.6. The SMILES string of the molecule is c1ccc(P2(CCCCCCP3(c4ccccc4)(c4ccccc4)CCCC3)(c3ccccc3)CCCC2)cc1. The van der Waals surface area contributed by atoms with Crippen LogP contribution in [0.2, 0.25) is 0 Å². The maximum atomic E-state index is 2.48. The molecule has 0 saturated carbocycles. The molecule has 6 rings (SSSR count). The van der Waals surface area contributed by atoms with Crippen molar-refractivity contribution in [3.05, 3.63) is 121 Å². The molecule has 4 aromatic carbocycles. The zero-order valence-electron chi connectivity index (χ0n) is 24.3. The fraction of sp³-hybridized carbons (Fsp3) is 0.368. The first-order valence-corrected chi connectivity index (χ1v) is 21.5. The molecule has 0 spiro atoms. The Bertz CT molecular complexity index is 1160. The maximum absolute atomic E-state index is 2.48. The Kier molecular flexibility index (Phi) is 8.05. The van der Waals surface area contributed by atoms with Gasteiger partial charge in [-0.05, 0) is 0 Å². The predicted octanol–water partition coefficient (Wildman–Crippen LogP) is 8.54. The molecule has 2 heteroatoms. The minimum absolute atomic E-state index is 1.37. The molecule has 0 unspecified atom stereocenters. The van der Waals surface area contributed by atoms with Gasteiger partial charge in [0, 0.05) is 0 Å². The van der Waals surface area contributed by atoms with Crippen molar-refractivity contribution in [3.8, 4) is 0 Å². The molecule has 4 aromatic rings. The van der Waals surface area contributed by atoms with Gasteiger partial charge in [-0.1, -0.05) is 0 Å². The molecule has 0 bridgehead atoms. The van der Waals surface area contributed by atoms with Crippen molar-refractivity contribution in [2.75, 3.05) is 37.0 Å². The van der Waals surface area contributed by atoms with Crippen LogP contribution in [0.5, 0.6) is 0 Å². The summed E-state index contributed by atoms with van der Waals surface area (Å²) in [4.78, 5) is 0. The molecular weight excluding hydrogens is 518 g/mol. The summed E-state index contributed by atoms with van der Waals surface area (Å²) < 4.78 is 0. The Hall–Kier alpha value is -2.26. The van der Waals surface area contributed by atoms with E-state index in [1.54, 1.807) is 21.2 Å². The Labute approximate surface area is 243 Å². The van der Waals surface area contributed by atoms with E-state index in [0.717, 1.165) is 0 Å². The Morgan fingerprint density at radius 1 is 0.325 bits per heavy atom. The number of hydrogen-bond donors (Lipinski definition) is 0. The molecule has 210 valence electrons. The second-order valence-corrected chi connectivity index (χ2v) is 24.6. The van der Waals surface area contributed by atoms with Gasteiger partial charge in [-0.3, -0.25) is 0 Å². The Morgan fingerprint density at radius 2 is 0.575 bits per heavy atom. The van der Waals surface area contributed by atoms with Crippen molar-refractivity contribution >= 4 is 34.4 Å². The molecule has 0 amide bonds. The van der Waals surface area contributed by atoms with Gasteiger partial charge >= 0.3 is 244 Å². The third kappa shape index (κ3) is 4.61. The summed E-state index contributed by atoms with van der Waals surface area (Å²) in [5, 5.41) is 6.73. The summed E-state index contributed by atoms with van der Waals surface area (Å²) in [5.41, 5.74) is 0. The topological polar surface area (TPSA) is 0 Å². The summed E-state index contributed by atoms with van der Waals surface area (Å²) in [6, 6.07) is 47.0. The van der Waals surface area contributed by atoms with Gasteiger partial charge in [-0.15, -0.1) is 0 Å². The predicted molar refractivity (Wildman–Crippen MR) is 184 cm³/mol. The molecule has 2 heterocycles. The van der Waals surface area contributed by atoms with Crippen LogP contribution in [-0.4, -0.2) is 37.0 Å². The van der Waals surface area contributed by atoms with Gasteiger partial charge in [0.2, 0.25) is 0 Å². The standard InChI is InChI=1S/C38H48P2/c1(15-29-39(31-17-18-32-39,35-21-7-3-8-22-35)36-23-9-4-10-24-36)2-16-30-40(33-19-20-34-40,37-25-11-5-12-26-37)38-27-13-6-14-28-38/h3-14,21-28H,1-2,15-20,29-34H2. The third-order valence-electron chi connectivity index (χ3n) is 11.2. The first kappa shape index (κ1) is 27.9. The zero-order valence-corrected chi connectivity index (χ0v) is 26.1. The van der Waals surface area contributed by atoms with E-state index in [0.29, 0.717) is 0 Å². The molecule has 2 fully saturated rings. The van der Waals surface area contributed by atoms with E-state index in [2.05, 4.69) is 121 Å². The van der Waals surface area contributed by atoms with Crippen molar-refractivity contribution in [1.29, 1.82) is 0 Å². The van der Waals surface area contributed by atoms with Crippen LogP contribution in [0.4, 0.5) is 0 Å². The van der Waals surface area contributed by atoms with E-state index in [1.165, 1.54) is 88.3 Å². The van der Waals surface area contributed by atoms with E-state index < -0.39 is 13.2 Å². The molecule has 2 aliphatic heterocycles. The molecular formula is C38H48P2. The average Bonchev–Trinajstić information content (AvgIpc) is 3.70. The van der Waals surface area contributed by atoms with E-state index in [1.807, 2.05) is 0 Å². The Morgan fingerprint density at radius 3 is 0.825 bits per heavy atom. The van der Waals surface area contributed by atoms with Crippen molar-refractivity contribution in [1.82, 2.24) is 0 Å². The molecule has 0 aliphatic carbocycles. The van der Waals surface area contributed by atoms with Gasteiger partial charge in [0.15, 0.2) is 0 Å². The van der Waals surface area contributed by atoms with E-state index in [-0.39, 0.29) is 0 Å². The van der Waals surface area contributed by atoms with Crippen molar-refractivity contribution in [2.24, 2.45) is 0 Å². The molecule has 40 heavy (non-hydrogen) atoms. The van der Waals surface area contributed by atoms with Crippen LogP contribution >= 0.6 is 13.2 Å². The molecule has 0 nitrogen and oxygen atoms in total. The van der Waals surface area contributed by atoms with Crippen LogP contribution in [0.15, 0.2) is 121 Å². The number of rotatable bonds is 11. The van der Waals surface area contributed by atoms with Crippen LogP contribution in [0.3, 0.4) is 0 Å². The first-order valence-electron chi connectivity index (χ1n) is 15.9. The van der Waals surface area contributed by atoms with Gasteiger partial charge in [0.05, 0.1) is 0 Å². The second-order valence-electron chi connectivity index (χ2n) is 13.0. The van der Waals surface area contributed by atoms with Crippen LogP contribution in [-0.2, 0) is 0 Å².